The summed E-state index contributed by atoms with van der Waals surface area (Å²) in [6.07, 6.45) is 3.86. The van der Waals surface area contributed by atoms with E-state index < -0.39 is 16.5 Å². The second-order valence-electron chi connectivity index (χ2n) is 7.04. The summed E-state index contributed by atoms with van der Waals surface area (Å²) >= 11 is 0. The van der Waals surface area contributed by atoms with Gasteiger partial charge in [0.05, 0.1) is 0 Å². The fourth-order valence-corrected chi connectivity index (χ4v) is 4.62. The van der Waals surface area contributed by atoms with Gasteiger partial charge in [-0.25, -0.2) is 18.1 Å². The minimum atomic E-state index is -2.45. The Morgan fingerprint density at radius 2 is 1.33 bits per heavy atom. The first-order valence-electron chi connectivity index (χ1n) is 9.53. The molecule has 0 saturated carbocycles. The van der Waals surface area contributed by atoms with E-state index in [2.05, 4.69) is 0 Å². The van der Waals surface area contributed by atoms with Crippen LogP contribution in [0.2, 0.25) is 0 Å². The van der Waals surface area contributed by atoms with Gasteiger partial charge in [-0.05, 0) is 74.9 Å². The van der Waals surface area contributed by atoms with Gasteiger partial charge in [-0.15, -0.1) is 0 Å². The molecule has 0 amide bonds. The van der Waals surface area contributed by atoms with Gasteiger partial charge in [0.25, 0.3) is 0 Å². The van der Waals surface area contributed by atoms with Gasteiger partial charge in [0.1, 0.15) is 0 Å². The average Bonchev–Trinajstić information content (AvgIpc) is 2.68. The van der Waals surface area contributed by atoms with Crippen LogP contribution in [-0.4, -0.2) is 0 Å². The van der Waals surface area contributed by atoms with Crippen LogP contribution in [-0.2, 0) is 13.7 Å². The lowest BCUT2D eigenvalue weighted by Crippen LogP contribution is -1.99. The van der Waals surface area contributed by atoms with E-state index in [-0.39, 0.29) is 11.5 Å². The van der Waals surface area contributed by atoms with Crippen molar-refractivity contribution in [3.63, 3.8) is 0 Å². The lowest BCUT2D eigenvalue weighted by molar-refractivity contribution is 0.356. The summed E-state index contributed by atoms with van der Waals surface area (Å²) in [5.41, 5.74) is 3.72. The number of aryl methyl sites for hydroxylation is 2. The van der Waals surface area contributed by atoms with Crippen LogP contribution in [0, 0.1) is 13.8 Å². The fraction of sp³-hybridized carbons (Fsp3) is 0.273. The number of benzene rings is 2. The molecule has 2 aromatic rings. The molecule has 0 radical (unpaired) electrons. The Bertz CT molecular complexity index is 1020. The average molecular weight is 446 g/mol. The van der Waals surface area contributed by atoms with E-state index in [9.17, 15) is 9.13 Å². The van der Waals surface area contributed by atoms with E-state index in [4.69, 9.17) is 18.1 Å². The summed E-state index contributed by atoms with van der Waals surface area (Å²) in [5.74, 6) is 1.69. The highest BCUT2D eigenvalue weighted by atomic mass is 31.1. The van der Waals surface area contributed by atoms with Crippen molar-refractivity contribution in [1.29, 1.82) is 0 Å². The van der Waals surface area contributed by atoms with Crippen LogP contribution in [0.1, 0.15) is 37.8 Å². The Labute approximate surface area is 178 Å². The predicted octanol–water partition coefficient (Wildman–Crippen LogP) is 7.49. The molecule has 0 fully saturated rings. The van der Waals surface area contributed by atoms with E-state index in [1.54, 1.807) is 18.2 Å². The predicted molar refractivity (Wildman–Crippen MR) is 116 cm³/mol. The van der Waals surface area contributed by atoms with Crippen molar-refractivity contribution in [3.8, 4) is 17.2 Å². The van der Waals surface area contributed by atoms with Crippen LogP contribution in [0.3, 0.4) is 0 Å². The molecule has 2 unspecified atom stereocenters. The maximum absolute atomic E-state index is 12.3. The Hall–Kier alpha value is -2.68. The molecule has 0 bridgehead atoms. The summed E-state index contributed by atoms with van der Waals surface area (Å²) in [4.78, 5) is 0. The standard InChI is InChI=1S/C22H24O6P2/c1-15-8-5-9-16(2)21(15)27-29(23)25-19-12-7-13-20(14-19)26-30(24)28-22-17(3)10-6-11-18(22)4/h5,7-10,12-14H,6,11H2,1-4H3/q+2. The molecule has 0 spiro atoms. The highest BCUT2D eigenvalue weighted by Crippen LogP contribution is 2.39. The molecule has 30 heavy (non-hydrogen) atoms. The zero-order valence-corrected chi connectivity index (χ0v) is 19.2. The fourth-order valence-electron chi connectivity index (χ4n) is 3.09. The number of allylic oxidation sites excluding steroid dienone is 3. The normalized spacial score (nSPS) is 14.6. The second-order valence-corrected chi connectivity index (χ2v) is 8.67. The van der Waals surface area contributed by atoms with Gasteiger partial charge in [-0.2, -0.15) is 0 Å². The maximum Gasteiger partial charge on any atom is 0.805 e. The highest BCUT2D eigenvalue weighted by molar-refractivity contribution is 7.34. The quantitative estimate of drug-likeness (QED) is 0.391. The molecule has 2 aromatic carbocycles. The summed E-state index contributed by atoms with van der Waals surface area (Å²) in [5, 5.41) is 0. The van der Waals surface area contributed by atoms with Crippen molar-refractivity contribution in [2.75, 3.05) is 0 Å². The van der Waals surface area contributed by atoms with Gasteiger partial charge in [-0.1, -0.05) is 30.3 Å². The van der Waals surface area contributed by atoms with E-state index in [1.165, 1.54) is 6.07 Å². The summed E-state index contributed by atoms with van der Waals surface area (Å²) in [6.45, 7) is 7.62. The summed E-state index contributed by atoms with van der Waals surface area (Å²) < 4.78 is 46.5. The number of rotatable bonds is 8. The SMILES string of the molecule is CC1=CCCC(C)=C1O[P+](=O)Oc1cccc(O[P+](=O)Oc2c(C)cccc2C)c1. The zero-order valence-electron chi connectivity index (χ0n) is 17.4. The van der Waals surface area contributed by atoms with Gasteiger partial charge in [0.2, 0.25) is 0 Å². The summed E-state index contributed by atoms with van der Waals surface area (Å²) in [7, 11) is -4.87. The number of hydrogen-bond donors (Lipinski definition) is 0. The van der Waals surface area contributed by atoms with Gasteiger partial charge in [0, 0.05) is 15.2 Å². The first kappa shape index (κ1) is 22.0. The van der Waals surface area contributed by atoms with Gasteiger partial charge in [-0.3, -0.25) is 0 Å². The first-order chi connectivity index (χ1) is 14.3. The molecule has 8 heteroatoms. The van der Waals surface area contributed by atoms with Crippen LogP contribution in [0.25, 0.3) is 0 Å². The van der Waals surface area contributed by atoms with E-state index in [0.29, 0.717) is 11.5 Å². The van der Waals surface area contributed by atoms with Crippen molar-refractivity contribution in [2.45, 2.75) is 40.5 Å². The molecular formula is C22H24O6P2+2. The highest BCUT2D eigenvalue weighted by Gasteiger charge is 2.30. The molecule has 3 rings (SSSR count). The van der Waals surface area contributed by atoms with Crippen molar-refractivity contribution >= 4 is 16.5 Å². The van der Waals surface area contributed by atoms with Crippen LogP contribution < -0.4 is 13.6 Å². The number of hydrogen-bond acceptors (Lipinski definition) is 6. The smallest absolute Gasteiger partial charge is 0.222 e. The Kier molecular flexibility index (Phi) is 7.25. The van der Waals surface area contributed by atoms with Crippen LogP contribution in [0.15, 0.2) is 65.4 Å². The molecule has 156 valence electrons. The lowest BCUT2D eigenvalue weighted by Gasteiger charge is -2.11. The molecule has 2 atom stereocenters. The minimum absolute atomic E-state index is 0.271. The van der Waals surface area contributed by atoms with E-state index in [1.807, 2.05) is 52.0 Å². The minimum Gasteiger partial charge on any atom is -0.222 e. The maximum atomic E-state index is 12.3. The lowest BCUT2D eigenvalue weighted by atomic mass is 10.00. The van der Waals surface area contributed by atoms with Crippen molar-refractivity contribution in [3.05, 3.63) is 76.6 Å². The molecule has 1 aliphatic rings. The van der Waals surface area contributed by atoms with Crippen LogP contribution >= 0.6 is 16.5 Å². The summed E-state index contributed by atoms with van der Waals surface area (Å²) in [6, 6.07) is 12.0. The third-order valence-corrected chi connectivity index (χ3v) is 6.00. The molecule has 1 aliphatic carbocycles. The van der Waals surface area contributed by atoms with Crippen molar-refractivity contribution < 1.29 is 27.2 Å². The van der Waals surface area contributed by atoms with Gasteiger partial charge in [0.15, 0.2) is 23.0 Å². The van der Waals surface area contributed by atoms with Gasteiger partial charge < -0.3 is 0 Å². The van der Waals surface area contributed by atoms with E-state index >= 15 is 0 Å². The monoisotopic (exact) mass is 446 g/mol. The molecule has 0 saturated heterocycles. The van der Waals surface area contributed by atoms with Crippen molar-refractivity contribution in [2.24, 2.45) is 0 Å². The van der Waals surface area contributed by atoms with Crippen LogP contribution in [0.5, 0.6) is 17.2 Å². The Morgan fingerprint density at radius 1 is 0.767 bits per heavy atom. The third-order valence-electron chi connectivity index (χ3n) is 4.62. The zero-order chi connectivity index (χ0) is 21.7. The topological polar surface area (TPSA) is 71.1 Å². The Balaban J connectivity index is 1.62. The molecule has 6 nitrogen and oxygen atoms in total. The molecular weight excluding hydrogens is 422 g/mol. The first-order valence-corrected chi connectivity index (χ1v) is 11.7. The number of para-hydroxylation sites is 1. The largest absolute Gasteiger partial charge is 0.805 e. The molecule has 0 aliphatic heterocycles. The van der Waals surface area contributed by atoms with Gasteiger partial charge >= 0.3 is 16.5 Å². The molecule has 0 N–H and O–H groups in total. The Morgan fingerprint density at radius 3 is 1.93 bits per heavy atom. The third kappa shape index (κ3) is 5.69. The van der Waals surface area contributed by atoms with E-state index in [0.717, 1.165) is 35.1 Å². The second kappa shape index (κ2) is 9.88. The molecule has 0 heterocycles. The molecule has 0 aromatic heterocycles. The van der Waals surface area contributed by atoms with Crippen molar-refractivity contribution in [1.82, 2.24) is 0 Å². The van der Waals surface area contributed by atoms with Crippen LogP contribution in [0.4, 0.5) is 0 Å².